The van der Waals surface area contributed by atoms with Crippen LogP contribution < -0.4 is 25.2 Å². The summed E-state index contributed by atoms with van der Waals surface area (Å²) in [5, 5.41) is 6.26. The minimum absolute atomic E-state index is 0.130. The molecule has 2 aliphatic rings. The fourth-order valence-electron chi connectivity index (χ4n) is 8.18. The summed E-state index contributed by atoms with van der Waals surface area (Å²) < 4.78 is 17.4. The summed E-state index contributed by atoms with van der Waals surface area (Å²) in [7, 11) is 0. The molecule has 4 heterocycles. The molecule has 3 atom stereocenters. The molecular weight excluding hydrogens is 889 g/mol. The van der Waals surface area contributed by atoms with Crippen molar-refractivity contribution in [1.82, 2.24) is 25.5 Å². The monoisotopic (exact) mass is 950 g/mol. The number of aryl methyl sites for hydroxylation is 2. The van der Waals surface area contributed by atoms with Gasteiger partial charge in [0.25, 0.3) is 11.7 Å². The number of thiocarbonyl (C=S) groups is 1. The predicted molar refractivity (Wildman–Crippen MR) is 264 cm³/mol. The number of rotatable bonds is 20. The van der Waals surface area contributed by atoms with Crippen molar-refractivity contribution in [2.24, 2.45) is 11.3 Å². The van der Waals surface area contributed by atoms with Crippen LogP contribution >= 0.6 is 23.6 Å². The first kappa shape index (κ1) is 50.6. The maximum absolute atomic E-state index is 14.1. The molecular formula is C50H62N8O7S2. The van der Waals surface area contributed by atoms with Crippen molar-refractivity contribution in [2.45, 2.75) is 105 Å². The van der Waals surface area contributed by atoms with Crippen molar-refractivity contribution in [3.63, 3.8) is 0 Å². The standard InChI is InChI=1S/C50H62N8O7S2/c1-32-25-40(45(60)53-27-35-13-15-36(16-14-35)42-34(3)54-31-67-42)56(29-32)46(61)43(49(4,5)6)55-41(59)30-64-23-12-22-63-21-10-11-24-65-39-19-17-37(18-20-39)58-48(66)57(47(62)50(58,7)8)38-26-33(2)44(51-9)52-28-38/h13-20,26,28,31-32,40,43H,10-12,21-25,27,29-30H2,1-8H3,(H,53,60)(H,55,59)/t32-,40+,43-/m1/s1. The Hall–Kier alpha value is -5.80. The first-order valence-electron chi connectivity index (χ1n) is 22.7. The zero-order valence-corrected chi connectivity index (χ0v) is 41.4. The van der Waals surface area contributed by atoms with Gasteiger partial charge < -0.3 is 39.5 Å². The molecule has 0 bridgehead atoms. The van der Waals surface area contributed by atoms with Gasteiger partial charge in [-0.3, -0.25) is 24.1 Å². The van der Waals surface area contributed by atoms with E-state index in [1.807, 2.05) is 107 Å². The Balaban J connectivity index is 0.856. The van der Waals surface area contributed by atoms with Gasteiger partial charge in [-0.15, -0.1) is 16.3 Å². The van der Waals surface area contributed by atoms with Crippen molar-refractivity contribution in [1.29, 1.82) is 0 Å². The third kappa shape index (κ3) is 12.4. The average molecular weight is 951 g/mol. The number of amides is 4. The van der Waals surface area contributed by atoms with E-state index in [0.29, 0.717) is 74.5 Å². The van der Waals surface area contributed by atoms with E-state index >= 15 is 0 Å². The number of nitrogens with zero attached hydrogens (tertiary/aromatic N) is 6. The van der Waals surface area contributed by atoms with Crippen LogP contribution in [-0.2, 0) is 35.2 Å². The van der Waals surface area contributed by atoms with Crippen LogP contribution in [0, 0.1) is 31.8 Å². The number of anilines is 2. The number of aromatic nitrogens is 2. The number of nitrogens with one attached hydrogen (secondary N) is 2. The lowest BCUT2D eigenvalue weighted by molar-refractivity contribution is -0.144. The Labute approximate surface area is 403 Å². The van der Waals surface area contributed by atoms with E-state index in [-0.39, 0.29) is 36.1 Å². The molecule has 4 amide bonds. The number of pyridine rings is 1. The topological polar surface area (TPSA) is 160 Å². The van der Waals surface area contributed by atoms with Crippen molar-refractivity contribution >= 4 is 69.5 Å². The van der Waals surface area contributed by atoms with Gasteiger partial charge in [-0.1, -0.05) is 58.5 Å². The normalized spacial score (nSPS) is 17.4. The molecule has 2 aliphatic heterocycles. The number of carbonyl (C=O) groups excluding carboxylic acids is 4. The van der Waals surface area contributed by atoms with E-state index in [1.54, 1.807) is 29.2 Å². The highest BCUT2D eigenvalue weighted by Gasteiger charge is 2.50. The van der Waals surface area contributed by atoms with E-state index in [9.17, 15) is 19.2 Å². The number of likely N-dealkylation sites (tertiary alicyclic amines) is 1. The van der Waals surface area contributed by atoms with Gasteiger partial charge >= 0.3 is 0 Å². The predicted octanol–water partition coefficient (Wildman–Crippen LogP) is 7.96. The molecule has 2 saturated heterocycles. The minimum atomic E-state index is -0.942. The second-order valence-corrected chi connectivity index (χ2v) is 19.9. The molecule has 4 aromatic rings. The molecule has 67 heavy (non-hydrogen) atoms. The molecule has 0 saturated carbocycles. The molecule has 15 nitrogen and oxygen atoms in total. The van der Waals surface area contributed by atoms with Crippen LogP contribution in [0.2, 0.25) is 0 Å². The molecule has 2 aromatic heterocycles. The maximum Gasteiger partial charge on any atom is 0.272 e. The summed E-state index contributed by atoms with van der Waals surface area (Å²) in [6.45, 7) is 24.8. The first-order valence-corrected chi connectivity index (χ1v) is 24.0. The van der Waals surface area contributed by atoms with E-state index in [0.717, 1.165) is 40.2 Å². The molecule has 6 rings (SSSR count). The van der Waals surface area contributed by atoms with Crippen molar-refractivity contribution in [2.75, 3.05) is 49.4 Å². The van der Waals surface area contributed by atoms with Gasteiger partial charge in [0.2, 0.25) is 17.7 Å². The number of hydrogen-bond acceptors (Lipinski definition) is 11. The number of benzene rings is 2. The summed E-state index contributed by atoms with van der Waals surface area (Å²) in [6.07, 6.45) is 4.22. The van der Waals surface area contributed by atoms with Gasteiger partial charge in [0.1, 0.15) is 36.2 Å². The quantitative estimate of drug-likeness (QED) is 0.0503. The lowest BCUT2D eigenvalue weighted by Crippen LogP contribution is -2.58. The Morgan fingerprint density at radius 2 is 1.66 bits per heavy atom. The van der Waals surface area contributed by atoms with Crippen LogP contribution in [0.25, 0.3) is 15.3 Å². The van der Waals surface area contributed by atoms with E-state index in [4.69, 9.17) is 33.0 Å². The summed E-state index contributed by atoms with van der Waals surface area (Å²) in [4.78, 5) is 72.2. The van der Waals surface area contributed by atoms with Gasteiger partial charge in [0, 0.05) is 38.6 Å². The zero-order chi connectivity index (χ0) is 48.5. The minimum Gasteiger partial charge on any atom is -0.494 e. The molecule has 2 aromatic carbocycles. The lowest BCUT2D eigenvalue weighted by atomic mass is 9.85. The molecule has 0 unspecified atom stereocenters. The fourth-order valence-corrected chi connectivity index (χ4v) is 9.51. The van der Waals surface area contributed by atoms with Gasteiger partial charge in [0.05, 0.1) is 28.4 Å². The Bertz CT molecular complexity index is 2450. The van der Waals surface area contributed by atoms with E-state index < -0.39 is 28.9 Å². The number of hydrogen-bond donors (Lipinski definition) is 2. The van der Waals surface area contributed by atoms with Gasteiger partial charge in [-0.05, 0) is 124 Å². The summed E-state index contributed by atoms with van der Waals surface area (Å²) in [5.74, 6) is 0.0417. The molecule has 2 fully saturated rings. The molecule has 0 spiro atoms. The van der Waals surface area contributed by atoms with Gasteiger partial charge in [-0.25, -0.2) is 4.98 Å². The Morgan fingerprint density at radius 1 is 0.970 bits per heavy atom. The third-order valence-electron chi connectivity index (χ3n) is 11.9. The van der Waals surface area contributed by atoms with Crippen LogP contribution in [-0.4, -0.2) is 101 Å². The number of thiazole rings is 1. The SMILES string of the molecule is [C-]#[N+]c1ncc(N2C(=O)C(C)(C)N(c3ccc(OCCCCOCCCOCC(=O)N[C@H](C(=O)N4C[C@H](C)C[C@H]4C(=O)NCc4ccc(-c5scnc5C)cc4)C(C)(C)C)cc3)C2=S)cc1C. The number of carbonyl (C=O) groups is 4. The maximum atomic E-state index is 14.1. The number of unbranched alkanes of at least 4 members (excludes halogenated alkanes) is 1. The van der Waals surface area contributed by atoms with Gasteiger partial charge in [-0.2, -0.15) is 0 Å². The Kier molecular flexibility index (Phi) is 16.9. The highest BCUT2D eigenvalue weighted by molar-refractivity contribution is 7.81. The molecule has 356 valence electrons. The van der Waals surface area contributed by atoms with Gasteiger partial charge in [0.15, 0.2) is 5.11 Å². The highest BCUT2D eigenvalue weighted by Crippen LogP contribution is 2.38. The largest absolute Gasteiger partial charge is 0.494 e. The summed E-state index contributed by atoms with van der Waals surface area (Å²) in [5.41, 5.74) is 5.25. The van der Waals surface area contributed by atoms with E-state index in [1.165, 1.54) is 11.1 Å². The summed E-state index contributed by atoms with van der Waals surface area (Å²) >= 11 is 7.38. The number of ether oxygens (including phenoxy) is 3. The van der Waals surface area contributed by atoms with Crippen LogP contribution in [0.1, 0.15) is 84.0 Å². The molecule has 0 aliphatic carbocycles. The van der Waals surface area contributed by atoms with Crippen LogP contribution in [0.15, 0.2) is 66.3 Å². The lowest BCUT2D eigenvalue weighted by Gasteiger charge is -2.35. The van der Waals surface area contributed by atoms with Crippen molar-refractivity contribution < 1.29 is 33.4 Å². The van der Waals surface area contributed by atoms with E-state index in [2.05, 4.69) is 25.4 Å². The first-order chi connectivity index (χ1) is 31.9. The Morgan fingerprint density at radius 3 is 2.31 bits per heavy atom. The smallest absolute Gasteiger partial charge is 0.272 e. The van der Waals surface area contributed by atoms with Crippen molar-refractivity contribution in [3.05, 3.63) is 94.5 Å². The van der Waals surface area contributed by atoms with Crippen LogP contribution in [0.3, 0.4) is 0 Å². The second kappa shape index (κ2) is 22.3. The molecule has 17 heteroatoms. The molecule has 2 N–H and O–H groups in total. The second-order valence-electron chi connectivity index (χ2n) is 18.7. The third-order valence-corrected chi connectivity index (χ3v) is 13.2. The van der Waals surface area contributed by atoms with Crippen LogP contribution in [0.4, 0.5) is 17.2 Å². The average Bonchev–Trinajstić information content (AvgIpc) is 3.96. The fraction of sp³-hybridized carbons (Fsp3) is 0.480. The molecule has 0 radical (unpaired) electrons. The zero-order valence-electron chi connectivity index (χ0n) is 39.7. The summed E-state index contributed by atoms with van der Waals surface area (Å²) in [6, 6.07) is 15.8. The highest BCUT2D eigenvalue weighted by atomic mass is 32.1. The van der Waals surface area contributed by atoms with Crippen molar-refractivity contribution in [3.8, 4) is 16.2 Å². The van der Waals surface area contributed by atoms with Crippen LogP contribution in [0.5, 0.6) is 5.75 Å².